The summed E-state index contributed by atoms with van der Waals surface area (Å²) >= 11 is 0. The van der Waals surface area contributed by atoms with Crippen LogP contribution in [-0.4, -0.2) is 59.9 Å². The molecule has 0 spiro atoms. The summed E-state index contributed by atoms with van der Waals surface area (Å²) in [5, 5.41) is 7.87. The molecule has 116 valence electrons. The standard InChI is InChI=1S/C15H25N5O/c1-12(2)13-11-14-15(16-5-7-20(14)18-13)17-6-9-21-10-8-19(3)4/h5,7,11-12H,6,8-10H2,1-4H3,(H,16,17). The van der Waals surface area contributed by atoms with Gasteiger partial charge in [-0.25, -0.2) is 9.50 Å². The van der Waals surface area contributed by atoms with Crippen molar-refractivity contribution < 1.29 is 4.74 Å². The maximum Gasteiger partial charge on any atom is 0.152 e. The van der Waals surface area contributed by atoms with Gasteiger partial charge in [0.2, 0.25) is 0 Å². The molecule has 0 fully saturated rings. The molecular formula is C15H25N5O. The molecule has 0 aliphatic heterocycles. The second-order valence-electron chi connectivity index (χ2n) is 5.67. The lowest BCUT2D eigenvalue weighted by atomic mass is 10.1. The lowest BCUT2D eigenvalue weighted by Crippen LogP contribution is -2.20. The van der Waals surface area contributed by atoms with Crippen LogP contribution in [0, 0.1) is 0 Å². The smallest absolute Gasteiger partial charge is 0.152 e. The Morgan fingerprint density at radius 3 is 2.86 bits per heavy atom. The van der Waals surface area contributed by atoms with Crippen molar-refractivity contribution in [1.29, 1.82) is 0 Å². The number of nitrogens with zero attached hydrogens (tertiary/aromatic N) is 4. The second-order valence-corrected chi connectivity index (χ2v) is 5.67. The first-order chi connectivity index (χ1) is 10.1. The van der Waals surface area contributed by atoms with Crippen LogP contribution in [0.4, 0.5) is 5.82 Å². The predicted octanol–water partition coefficient (Wildman–Crippen LogP) is 1.84. The van der Waals surface area contributed by atoms with E-state index in [0.29, 0.717) is 12.5 Å². The molecule has 2 rings (SSSR count). The third kappa shape index (κ3) is 4.41. The highest BCUT2D eigenvalue weighted by molar-refractivity contribution is 5.67. The van der Waals surface area contributed by atoms with E-state index in [9.17, 15) is 0 Å². The Morgan fingerprint density at radius 1 is 1.33 bits per heavy atom. The van der Waals surface area contributed by atoms with Gasteiger partial charge in [0.25, 0.3) is 0 Å². The second kappa shape index (κ2) is 7.38. The van der Waals surface area contributed by atoms with Gasteiger partial charge >= 0.3 is 0 Å². The number of hydrogen-bond donors (Lipinski definition) is 1. The van der Waals surface area contributed by atoms with Gasteiger partial charge < -0.3 is 15.0 Å². The zero-order chi connectivity index (χ0) is 15.2. The molecule has 0 atom stereocenters. The Morgan fingerprint density at radius 2 is 2.14 bits per heavy atom. The van der Waals surface area contributed by atoms with E-state index in [1.807, 2.05) is 24.8 Å². The number of hydrogen-bond acceptors (Lipinski definition) is 5. The van der Waals surface area contributed by atoms with Gasteiger partial charge in [0, 0.05) is 25.5 Å². The molecule has 21 heavy (non-hydrogen) atoms. The van der Waals surface area contributed by atoms with Crippen LogP contribution in [-0.2, 0) is 4.74 Å². The summed E-state index contributed by atoms with van der Waals surface area (Å²) in [6.07, 6.45) is 3.64. The predicted molar refractivity (Wildman–Crippen MR) is 84.9 cm³/mol. The van der Waals surface area contributed by atoms with Gasteiger partial charge in [0.15, 0.2) is 5.82 Å². The topological polar surface area (TPSA) is 54.7 Å². The minimum atomic E-state index is 0.409. The van der Waals surface area contributed by atoms with E-state index >= 15 is 0 Å². The Balaban J connectivity index is 1.90. The molecule has 0 unspecified atom stereocenters. The van der Waals surface area contributed by atoms with Crippen molar-refractivity contribution in [3.63, 3.8) is 0 Å². The molecule has 0 radical (unpaired) electrons. The van der Waals surface area contributed by atoms with E-state index in [4.69, 9.17) is 4.74 Å². The Kier molecular flexibility index (Phi) is 5.52. The number of likely N-dealkylation sites (N-methyl/N-ethyl adjacent to an activating group) is 1. The van der Waals surface area contributed by atoms with E-state index in [1.54, 1.807) is 6.20 Å². The summed E-state index contributed by atoms with van der Waals surface area (Å²) in [5.41, 5.74) is 2.09. The van der Waals surface area contributed by atoms with Crippen LogP contribution in [0.15, 0.2) is 18.5 Å². The van der Waals surface area contributed by atoms with Gasteiger partial charge in [-0.15, -0.1) is 0 Å². The fourth-order valence-electron chi connectivity index (χ4n) is 1.95. The van der Waals surface area contributed by atoms with Crippen molar-refractivity contribution in [2.75, 3.05) is 45.7 Å². The number of ether oxygens (including phenoxy) is 1. The molecule has 0 aromatic carbocycles. The first kappa shape index (κ1) is 15.7. The molecule has 2 heterocycles. The fourth-order valence-corrected chi connectivity index (χ4v) is 1.95. The van der Waals surface area contributed by atoms with Crippen molar-refractivity contribution in [2.45, 2.75) is 19.8 Å². The zero-order valence-corrected chi connectivity index (χ0v) is 13.3. The highest BCUT2D eigenvalue weighted by atomic mass is 16.5. The highest BCUT2D eigenvalue weighted by Crippen LogP contribution is 2.19. The van der Waals surface area contributed by atoms with E-state index < -0.39 is 0 Å². The number of anilines is 1. The summed E-state index contributed by atoms with van der Waals surface area (Å²) in [6, 6.07) is 2.09. The van der Waals surface area contributed by atoms with Gasteiger partial charge in [0.05, 0.1) is 18.9 Å². The molecule has 0 saturated carbocycles. The van der Waals surface area contributed by atoms with E-state index in [-0.39, 0.29) is 0 Å². The quantitative estimate of drug-likeness (QED) is 0.752. The van der Waals surface area contributed by atoms with Crippen LogP contribution in [0.2, 0.25) is 0 Å². The molecule has 2 aromatic heterocycles. The summed E-state index contributed by atoms with van der Waals surface area (Å²) in [6.45, 7) is 7.37. The molecule has 2 aromatic rings. The Hall–Kier alpha value is -1.66. The molecule has 0 bridgehead atoms. The molecule has 6 heteroatoms. The van der Waals surface area contributed by atoms with Crippen LogP contribution in [0.1, 0.15) is 25.5 Å². The van der Waals surface area contributed by atoms with Gasteiger partial charge in [-0.05, 0) is 26.1 Å². The zero-order valence-electron chi connectivity index (χ0n) is 13.3. The van der Waals surface area contributed by atoms with E-state index in [2.05, 4.69) is 40.2 Å². The SMILES string of the molecule is CC(C)c1cc2c(NCCOCCN(C)C)nccn2n1. The van der Waals surface area contributed by atoms with Crippen molar-refractivity contribution in [2.24, 2.45) is 0 Å². The minimum absolute atomic E-state index is 0.409. The first-order valence-electron chi connectivity index (χ1n) is 7.38. The Labute approximate surface area is 126 Å². The molecule has 0 aliphatic carbocycles. The van der Waals surface area contributed by atoms with Gasteiger partial charge in [-0.1, -0.05) is 13.8 Å². The summed E-state index contributed by atoms with van der Waals surface area (Å²) in [5.74, 6) is 1.26. The maximum absolute atomic E-state index is 5.57. The van der Waals surface area contributed by atoms with E-state index in [1.165, 1.54) is 0 Å². The highest BCUT2D eigenvalue weighted by Gasteiger charge is 2.09. The molecule has 0 aliphatic rings. The third-order valence-electron chi connectivity index (χ3n) is 3.22. The normalized spacial score (nSPS) is 11.7. The number of fused-ring (bicyclic) bond motifs is 1. The van der Waals surface area contributed by atoms with Crippen LogP contribution in [0.25, 0.3) is 5.52 Å². The minimum Gasteiger partial charge on any atom is -0.378 e. The number of nitrogens with one attached hydrogen (secondary N) is 1. The molecule has 6 nitrogen and oxygen atoms in total. The largest absolute Gasteiger partial charge is 0.378 e. The van der Waals surface area contributed by atoms with Crippen LogP contribution >= 0.6 is 0 Å². The molecule has 0 amide bonds. The van der Waals surface area contributed by atoms with E-state index in [0.717, 1.165) is 36.7 Å². The van der Waals surface area contributed by atoms with Crippen molar-refractivity contribution in [3.05, 3.63) is 24.2 Å². The van der Waals surface area contributed by atoms with Crippen LogP contribution < -0.4 is 5.32 Å². The first-order valence-corrected chi connectivity index (χ1v) is 7.38. The molecular weight excluding hydrogens is 266 g/mol. The number of rotatable bonds is 8. The third-order valence-corrected chi connectivity index (χ3v) is 3.22. The summed E-state index contributed by atoms with van der Waals surface area (Å²) in [4.78, 5) is 6.50. The summed E-state index contributed by atoms with van der Waals surface area (Å²) < 4.78 is 7.44. The van der Waals surface area contributed by atoms with Gasteiger partial charge in [-0.2, -0.15) is 5.10 Å². The molecule has 0 saturated heterocycles. The monoisotopic (exact) mass is 291 g/mol. The van der Waals surface area contributed by atoms with Crippen LogP contribution in [0.5, 0.6) is 0 Å². The summed E-state index contributed by atoms with van der Waals surface area (Å²) in [7, 11) is 4.08. The van der Waals surface area contributed by atoms with Crippen molar-refractivity contribution in [1.82, 2.24) is 19.5 Å². The van der Waals surface area contributed by atoms with Gasteiger partial charge in [-0.3, -0.25) is 0 Å². The van der Waals surface area contributed by atoms with Gasteiger partial charge in [0.1, 0.15) is 5.52 Å². The van der Waals surface area contributed by atoms with Crippen molar-refractivity contribution in [3.8, 4) is 0 Å². The van der Waals surface area contributed by atoms with Crippen molar-refractivity contribution >= 4 is 11.3 Å². The molecule has 1 N–H and O–H groups in total. The average Bonchev–Trinajstić information content (AvgIpc) is 2.87. The average molecular weight is 291 g/mol. The fraction of sp³-hybridized carbons (Fsp3) is 0.600. The lowest BCUT2D eigenvalue weighted by Gasteiger charge is -2.10. The Bertz CT molecular complexity index is 564. The maximum atomic E-state index is 5.57. The van der Waals surface area contributed by atoms with Crippen LogP contribution in [0.3, 0.4) is 0 Å². The number of aromatic nitrogens is 3. The lowest BCUT2D eigenvalue weighted by molar-refractivity contribution is 0.126.